The Hall–Kier alpha value is -0.620. The van der Waals surface area contributed by atoms with Gasteiger partial charge in [-0.3, -0.25) is 0 Å². The Balaban J connectivity index is 2.29. The third-order valence-electron chi connectivity index (χ3n) is 3.78. The molecular formula is C14H21ClN2O2S. The molecule has 0 bridgehead atoms. The fourth-order valence-electron chi connectivity index (χ4n) is 2.36. The van der Waals surface area contributed by atoms with Gasteiger partial charge in [0.15, 0.2) is 0 Å². The van der Waals surface area contributed by atoms with Gasteiger partial charge >= 0.3 is 0 Å². The summed E-state index contributed by atoms with van der Waals surface area (Å²) in [6.45, 7) is 4.77. The minimum Gasteiger partial charge on any atom is -0.305 e. The van der Waals surface area contributed by atoms with Crippen LogP contribution in [0.3, 0.4) is 0 Å². The Labute approximate surface area is 126 Å². The topological polar surface area (TPSA) is 40.6 Å². The van der Waals surface area contributed by atoms with Gasteiger partial charge in [0.05, 0.1) is 4.90 Å². The Morgan fingerprint density at radius 2 is 1.95 bits per heavy atom. The van der Waals surface area contributed by atoms with Gasteiger partial charge in [-0.2, -0.15) is 4.31 Å². The second kappa shape index (κ2) is 6.43. The van der Waals surface area contributed by atoms with Gasteiger partial charge in [0.25, 0.3) is 0 Å². The zero-order valence-corrected chi connectivity index (χ0v) is 13.5. The number of rotatable bonds is 3. The molecule has 0 unspecified atom stereocenters. The number of hydrogen-bond acceptors (Lipinski definition) is 3. The standard InChI is InChI=1S/C14H21ClN2O2S/c1-12-4-5-14(10-13(12)11-15)20(18,19)17-7-3-6-16(2)8-9-17/h4-5,10H,3,6-9,11H2,1-2H3. The van der Waals surface area contributed by atoms with Crippen molar-refractivity contribution in [2.45, 2.75) is 24.1 Å². The molecule has 0 atom stereocenters. The van der Waals surface area contributed by atoms with E-state index in [0.717, 1.165) is 30.6 Å². The second-order valence-electron chi connectivity index (χ2n) is 5.28. The molecule has 1 aromatic carbocycles. The van der Waals surface area contributed by atoms with E-state index in [4.69, 9.17) is 11.6 Å². The van der Waals surface area contributed by atoms with Crippen molar-refractivity contribution in [3.05, 3.63) is 29.3 Å². The maximum atomic E-state index is 12.7. The highest BCUT2D eigenvalue weighted by molar-refractivity contribution is 7.89. The first-order chi connectivity index (χ1) is 9.45. The molecule has 0 amide bonds. The highest BCUT2D eigenvalue weighted by atomic mass is 35.5. The lowest BCUT2D eigenvalue weighted by molar-refractivity contribution is 0.347. The summed E-state index contributed by atoms with van der Waals surface area (Å²) in [4.78, 5) is 2.51. The minimum absolute atomic E-state index is 0.331. The van der Waals surface area contributed by atoms with Gasteiger partial charge in [-0.1, -0.05) is 6.07 Å². The van der Waals surface area contributed by atoms with Crippen LogP contribution < -0.4 is 0 Å². The smallest absolute Gasteiger partial charge is 0.243 e. The zero-order chi connectivity index (χ0) is 14.8. The van der Waals surface area contributed by atoms with Crippen molar-refractivity contribution in [2.75, 3.05) is 33.2 Å². The van der Waals surface area contributed by atoms with Crippen LogP contribution in [0.5, 0.6) is 0 Å². The van der Waals surface area contributed by atoms with E-state index in [-0.39, 0.29) is 0 Å². The van der Waals surface area contributed by atoms with Gasteiger partial charge in [-0.05, 0) is 50.2 Å². The van der Waals surface area contributed by atoms with Crippen LogP contribution in [-0.2, 0) is 15.9 Å². The zero-order valence-electron chi connectivity index (χ0n) is 12.0. The molecular weight excluding hydrogens is 296 g/mol. The molecule has 1 heterocycles. The van der Waals surface area contributed by atoms with Gasteiger partial charge in [-0.15, -0.1) is 11.6 Å². The van der Waals surface area contributed by atoms with E-state index in [2.05, 4.69) is 4.90 Å². The predicted molar refractivity (Wildman–Crippen MR) is 81.6 cm³/mol. The minimum atomic E-state index is -3.41. The van der Waals surface area contributed by atoms with E-state index in [1.165, 1.54) is 0 Å². The number of likely N-dealkylation sites (N-methyl/N-ethyl adjacent to an activating group) is 1. The highest BCUT2D eigenvalue weighted by Gasteiger charge is 2.26. The summed E-state index contributed by atoms with van der Waals surface area (Å²) < 4.78 is 27.0. The molecule has 20 heavy (non-hydrogen) atoms. The Bertz CT molecular complexity index is 575. The molecule has 1 aliphatic heterocycles. The number of nitrogens with zero attached hydrogens (tertiary/aromatic N) is 2. The predicted octanol–water partition coefficient (Wildman–Crippen LogP) is 2.06. The first-order valence-electron chi connectivity index (χ1n) is 6.79. The third-order valence-corrected chi connectivity index (χ3v) is 5.96. The molecule has 4 nitrogen and oxygen atoms in total. The van der Waals surface area contributed by atoms with Gasteiger partial charge in [-0.25, -0.2) is 8.42 Å². The number of benzene rings is 1. The summed E-state index contributed by atoms with van der Waals surface area (Å²) >= 11 is 5.87. The normalized spacial score (nSPS) is 18.9. The Morgan fingerprint density at radius 3 is 2.65 bits per heavy atom. The molecule has 0 saturated carbocycles. The highest BCUT2D eigenvalue weighted by Crippen LogP contribution is 2.21. The van der Waals surface area contributed by atoms with Gasteiger partial charge < -0.3 is 4.90 Å². The van der Waals surface area contributed by atoms with E-state index in [1.807, 2.05) is 20.0 Å². The average molecular weight is 317 g/mol. The summed E-state index contributed by atoms with van der Waals surface area (Å²) in [5, 5.41) is 0. The van der Waals surface area contributed by atoms with E-state index >= 15 is 0 Å². The summed E-state index contributed by atoms with van der Waals surface area (Å²) in [5.74, 6) is 0.331. The SMILES string of the molecule is Cc1ccc(S(=O)(=O)N2CCCN(C)CC2)cc1CCl. The maximum Gasteiger partial charge on any atom is 0.243 e. The van der Waals surface area contributed by atoms with E-state index in [0.29, 0.717) is 23.9 Å². The molecule has 0 spiro atoms. The van der Waals surface area contributed by atoms with Crippen LogP contribution in [0.2, 0.25) is 0 Å². The van der Waals surface area contributed by atoms with Crippen LogP contribution in [0.15, 0.2) is 23.1 Å². The van der Waals surface area contributed by atoms with E-state index in [1.54, 1.807) is 16.4 Å². The quantitative estimate of drug-likeness (QED) is 0.802. The first kappa shape index (κ1) is 15.8. The molecule has 1 aromatic rings. The fourth-order valence-corrected chi connectivity index (χ4v) is 4.17. The summed E-state index contributed by atoms with van der Waals surface area (Å²) in [6, 6.07) is 5.20. The number of halogens is 1. The van der Waals surface area contributed by atoms with Crippen molar-refractivity contribution in [1.29, 1.82) is 0 Å². The van der Waals surface area contributed by atoms with Crippen LogP contribution in [0, 0.1) is 6.92 Å². The lowest BCUT2D eigenvalue weighted by Crippen LogP contribution is -2.34. The van der Waals surface area contributed by atoms with Crippen molar-refractivity contribution in [3.8, 4) is 0 Å². The van der Waals surface area contributed by atoms with Crippen LogP contribution in [0.25, 0.3) is 0 Å². The molecule has 0 N–H and O–H groups in total. The Morgan fingerprint density at radius 1 is 1.20 bits per heavy atom. The van der Waals surface area contributed by atoms with Gasteiger partial charge in [0, 0.05) is 25.5 Å². The lowest BCUT2D eigenvalue weighted by Gasteiger charge is -2.20. The number of hydrogen-bond donors (Lipinski definition) is 0. The van der Waals surface area contributed by atoms with Gasteiger partial charge in [0.1, 0.15) is 0 Å². The van der Waals surface area contributed by atoms with Crippen LogP contribution in [0.4, 0.5) is 0 Å². The summed E-state index contributed by atoms with van der Waals surface area (Å²) in [6.07, 6.45) is 0.865. The monoisotopic (exact) mass is 316 g/mol. The number of aryl methyl sites for hydroxylation is 1. The largest absolute Gasteiger partial charge is 0.305 e. The molecule has 1 fully saturated rings. The molecule has 0 aromatic heterocycles. The first-order valence-corrected chi connectivity index (χ1v) is 8.77. The molecule has 1 saturated heterocycles. The van der Waals surface area contributed by atoms with Crippen molar-refractivity contribution < 1.29 is 8.42 Å². The van der Waals surface area contributed by atoms with Crippen LogP contribution >= 0.6 is 11.6 Å². The molecule has 1 aliphatic rings. The van der Waals surface area contributed by atoms with E-state index in [9.17, 15) is 8.42 Å². The molecule has 0 aliphatic carbocycles. The second-order valence-corrected chi connectivity index (χ2v) is 7.49. The van der Waals surface area contributed by atoms with Crippen molar-refractivity contribution in [2.24, 2.45) is 0 Å². The van der Waals surface area contributed by atoms with E-state index < -0.39 is 10.0 Å². The molecule has 6 heteroatoms. The van der Waals surface area contributed by atoms with Gasteiger partial charge in [0.2, 0.25) is 10.0 Å². The lowest BCUT2D eigenvalue weighted by atomic mass is 10.1. The van der Waals surface area contributed by atoms with Crippen LogP contribution in [-0.4, -0.2) is 50.8 Å². The van der Waals surface area contributed by atoms with Crippen molar-refractivity contribution >= 4 is 21.6 Å². The number of sulfonamides is 1. The number of alkyl halides is 1. The van der Waals surface area contributed by atoms with Crippen molar-refractivity contribution in [1.82, 2.24) is 9.21 Å². The summed E-state index contributed by atoms with van der Waals surface area (Å²) in [7, 11) is -1.39. The fraction of sp³-hybridized carbons (Fsp3) is 0.571. The maximum absolute atomic E-state index is 12.7. The molecule has 2 rings (SSSR count). The van der Waals surface area contributed by atoms with Crippen LogP contribution in [0.1, 0.15) is 17.5 Å². The Kier molecular flexibility index (Phi) is 5.07. The molecule has 112 valence electrons. The van der Waals surface area contributed by atoms with Crippen molar-refractivity contribution in [3.63, 3.8) is 0 Å². The summed E-state index contributed by atoms with van der Waals surface area (Å²) in [5.41, 5.74) is 1.90. The molecule has 0 radical (unpaired) electrons. The third kappa shape index (κ3) is 3.34. The average Bonchev–Trinajstić information content (AvgIpc) is 2.64.